The van der Waals surface area contributed by atoms with E-state index in [0.717, 1.165) is 73.4 Å². The molecule has 5 rings (SSSR count). The number of ether oxygens (including phenoxy) is 1. The maximum Gasteiger partial charge on any atom is 0.237 e. The minimum atomic E-state index is 0.0650. The van der Waals surface area contributed by atoms with Crippen molar-refractivity contribution in [1.82, 2.24) is 24.8 Å². The van der Waals surface area contributed by atoms with Crippen molar-refractivity contribution < 1.29 is 9.84 Å². The van der Waals surface area contributed by atoms with E-state index in [9.17, 15) is 5.11 Å². The summed E-state index contributed by atoms with van der Waals surface area (Å²) < 4.78 is 5.55. The second kappa shape index (κ2) is 8.84. The molecule has 2 aliphatic heterocycles. The van der Waals surface area contributed by atoms with Crippen molar-refractivity contribution in [3.63, 3.8) is 0 Å². The molecule has 1 fully saturated rings. The number of hydrogen-bond donors (Lipinski definition) is 2. The van der Waals surface area contributed by atoms with Crippen LogP contribution in [0.5, 0.6) is 5.88 Å². The van der Waals surface area contributed by atoms with Gasteiger partial charge in [0, 0.05) is 43.8 Å². The van der Waals surface area contributed by atoms with E-state index in [1.807, 2.05) is 6.07 Å². The molecule has 0 saturated carbocycles. The first-order chi connectivity index (χ1) is 15.7. The van der Waals surface area contributed by atoms with Crippen LogP contribution in [0, 0.1) is 0 Å². The average molecular weight is 436 g/mol. The van der Waals surface area contributed by atoms with Crippen molar-refractivity contribution in [2.24, 2.45) is 0 Å². The van der Waals surface area contributed by atoms with Crippen LogP contribution < -0.4 is 15.0 Å². The number of nitrogens with one attached hydrogen (secondary N) is 1. The molecule has 1 unspecified atom stereocenters. The summed E-state index contributed by atoms with van der Waals surface area (Å²) in [7, 11) is 3.74. The van der Waals surface area contributed by atoms with Crippen LogP contribution in [0.4, 0.5) is 17.5 Å². The minimum Gasteiger partial charge on any atom is -0.480 e. The van der Waals surface area contributed by atoms with Crippen molar-refractivity contribution >= 4 is 28.4 Å². The molecule has 168 valence electrons. The zero-order chi connectivity index (χ0) is 22.1. The maximum absolute atomic E-state index is 9.88. The van der Waals surface area contributed by atoms with Crippen LogP contribution in [0.2, 0.25) is 0 Å². The molecule has 0 radical (unpaired) electrons. The number of piperidine rings is 1. The fraction of sp³-hybridized carbons (Fsp3) is 0.478. The van der Waals surface area contributed by atoms with Gasteiger partial charge in [-0.15, -0.1) is 0 Å². The lowest BCUT2D eigenvalue weighted by molar-refractivity contribution is 0.239. The molecular weight excluding hydrogens is 406 g/mol. The van der Waals surface area contributed by atoms with E-state index in [1.54, 1.807) is 19.5 Å². The molecule has 32 heavy (non-hydrogen) atoms. The number of anilines is 3. The molecule has 0 spiro atoms. The van der Waals surface area contributed by atoms with Gasteiger partial charge >= 0.3 is 0 Å². The highest BCUT2D eigenvalue weighted by molar-refractivity contribution is 5.89. The molecule has 9 nitrogen and oxygen atoms in total. The molecule has 3 aromatic heterocycles. The Labute approximate surface area is 187 Å². The second-order valence-corrected chi connectivity index (χ2v) is 8.56. The SMILES string of the molecule is COc1nc2c(cc1Nc1ncc3ccnc(N4CCCCC4CO)c3n1)CN(C)CC2. The Morgan fingerprint density at radius 3 is 2.97 bits per heavy atom. The van der Waals surface area contributed by atoms with Gasteiger partial charge in [-0.25, -0.2) is 19.9 Å². The van der Waals surface area contributed by atoms with E-state index in [4.69, 9.17) is 14.7 Å². The summed E-state index contributed by atoms with van der Waals surface area (Å²) >= 11 is 0. The number of aliphatic hydroxyl groups is 1. The third-order valence-corrected chi connectivity index (χ3v) is 6.36. The van der Waals surface area contributed by atoms with Crippen LogP contribution in [-0.4, -0.2) is 69.8 Å². The zero-order valence-electron chi connectivity index (χ0n) is 18.6. The van der Waals surface area contributed by atoms with E-state index >= 15 is 0 Å². The van der Waals surface area contributed by atoms with E-state index in [0.29, 0.717) is 11.8 Å². The molecular formula is C23H29N7O2. The summed E-state index contributed by atoms with van der Waals surface area (Å²) in [5.41, 5.74) is 3.79. The summed E-state index contributed by atoms with van der Waals surface area (Å²) in [5.74, 6) is 1.80. The van der Waals surface area contributed by atoms with E-state index in [-0.39, 0.29) is 12.6 Å². The van der Waals surface area contributed by atoms with Crippen molar-refractivity contribution in [3.05, 3.63) is 35.8 Å². The Morgan fingerprint density at radius 1 is 1.22 bits per heavy atom. The van der Waals surface area contributed by atoms with Crippen LogP contribution in [0.15, 0.2) is 24.5 Å². The van der Waals surface area contributed by atoms with Crippen LogP contribution in [0.1, 0.15) is 30.5 Å². The third kappa shape index (κ3) is 3.93. The molecule has 2 aliphatic rings. The molecule has 0 aliphatic carbocycles. The Kier molecular flexibility index (Phi) is 5.75. The molecule has 0 amide bonds. The topological polar surface area (TPSA) is 99.5 Å². The fourth-order valence-electron chi connectivity index (χ4n) is 4.64. The van der Waals surface area contributed by atoms with E-state index in [2.05, 4.69) is 38.2 Å². The second-order valence-electron chi connectivity index (χ2n) is 8.56. The van der Waals surface area contributed by atoms with Crippen LogP contribution >= 0.6 is 0 Å². The van der Waals surface area contributed by atoms with Crippen LogP contribution in [0.25, 0.3) is 10.9 Å². The van der Waals surface area contributed by atoms with Crippen molar-refractivity contribution in [1.29, 1.82) is 0 Å². The maximum atomic E-state index is 9.88. The highest BCUT2D eigenvalue weighted by Crippen LogP contribution is 2.32. The van der Waals surface area contributed by atoms with Gasteiger partial charge in [0.2, 0.25) is 11.8 Å². The first-order valence-corrected chi connectivity index (χ1v) is 11.2. The van der Waals surface area contributed by atoms with Crippen molar-refractivity contribution in [2.45, 2.75) is 38.3 Å². The number of pyridine rings is 2. The lowest BCUT2D eigenvalue weighted by Crippen LogP contribution is -2.42. The van der Waals surface area contributed by atoms with Crippen LogP contribution in [0.3, 0.4) is 0 Å². The van der Waals surface area contributed by atoms with Gasteiger partial charge in [-0.2, -0.15) is 0 Å². The predicted molar refractivity (Wildman–Crippen MR) is 124 cm³/mol. The predicted octanol–water partition coefficient (Wildman–Crippen LogP) is 2.51. The van der Waals surface area contributed by atoms with Gasteiger partial charge in [-0.05, 0) is 44.0 Å². The first kappa shape index (κ1) is 20.8. The molecule has 5 heterocycles. The van der Waals surface area contributed by atoms with E-state index in [1.165, 1.54) is 5.56 Å². The van der Waals surface area contributed by atoms with Gasteiger partial charge in [0.15, 0.2) is 5.82 Å². The zero-order valence-corrected chi connectivity index (χ0v) is 18.6. The van der Waals surface area contributed by atoms with Gasteiger partial charge < -0.3 is 25.0 Å². The quantitative estimate of drug-likeness (QED) is 0.626. The van der Waals surface area contributed by atoms with Gasteiger partial charge in [-0.1, -0.05) is 0 Å². The molecule has 9 heteroatoms. The van der Waals surface area contributed by atoms with Gasteiger partial charge in [0.25, 0.3) is 0 Å². The number of aliphatic hydroxyl groups excluding tert-OH is 1. The molecule has 1 atom stereocenters. The standard InChI is InChI=1S/C23H29N7O2/c1-29-10-7-18-16(13-29)11-19(22(26-18)32-2)27-23-25-12-15-6-8-24-21(20(15)28-23)30-9-4-3-5-17(30)14-31/h6,8,11-12,17,31H,3-5,7,9-10,13-14H2,1-2H3,(H,25,27,28). The van der Waals surface area contributed by atoms with Crippen LogP contribution in [-0.2, 0) is 13.0 Å². The molecule has 0 bridgehead atoms. The third-order valence-electron chi connectivity index (χ3n) is 6.36. The minimum absolute atomic E-state index is 0.0650. The molecule has 2 N–H and O–H groups in total. The van der Waals surface area contributed by atoms with Crippen molar-refractivity contribution in [3.8, 4) is 5.88 Å². The van der Waals surface area contributed by atoms with Gasteiger partial charge in [0.1, 0.15) is 11.2 Å². The molecule has 3 aromatic rings. The number of fused-ring (bicyclic) bond motifs is 2. The summed E-state index contributed by atoms with van der Waals surface area (Å²) in [6.45, 7) is 2.82. The van der Waals surface area contributed by atoms with Gasteiger partial charge in [0.05, 0.1) is 25.5 Å². The van der Waals surface area contributed by atoms with Gasteiger partial charge in [-0.3, -0.25) is 0 Å². The fourth-order valence-corrected chi connectivity index (χ4v) is 4.64. The first-order valence-electron chi connectivity index (χ1n) is 11.2. The normalized spacial score (nSPS) is 19.1. The summed E-state index contributed by atoms with van der Waals surface area (Å²) in [4.78, 5) is 23.1. The Balaban J connectivity index is 1.51. The number of methoxy groups -OCH3 is 1. The Morgan fingerprint density at radius 2 is 2.12 bits per heavy atom. The Bertz CT molecular complexity index is 1120. The van der Waals surface area contributed by atoms with E-state index < -0.39 is 0 Å². The number of nitrogens with zero attached hydrogens (tertiary/aromatic N) is 6. The lowest BCUT2D eigenvalue weighted by Gasteiger charge is -2.35. The summed E-state index contributed by atoms with van der Waals surface area (Å²) in [5, 5.41) is 14.1. The summed E-state index contributed by atoms with van der Waals surface area (Å²) in [6, 6.07) is 4.06. The molecule has 0 aromatic carbocycles. The Hall–Kier alpha value is -3.04. The average Bonchev–Trinajstić information content (AvgIpc) is 2.83. The largest absolute Gasteiger partial charge is 0.480 e. The number of rotatable bonds is 5. The smallest absolute Gasteiger partial charge is 0.237 e. The highest BCUT2D eigenvalue weighted by atomic mass is 16.5. The number of aromatic nitrogens is 4. The summed E-state index contributed by atoms with van der Waals surface area (Å²) in [6.07, 6.45) is 7.65. The molecule has 1 saturated heterocycles. The highest BCUT2D eigenvalue weighted by Gasteiger charge is 2.25. The lowest BCUT2D eigenvalue weighted by atomic mass is 10.0. The monoisotopic (exact) mass is 435 g/mol. The van der Waals surface area contributed by atoms with Crippen molar-refractivity contribution in [2.75, 3.05) is 44.1 Å². The number of hydrogen-bond acceptors (Lipinski definition) is 9. The number of likely N-dealkylation sites (N-methyl/N-ethyl adjacent to an activating group) is 1.